The van der Waals surface area contributed by atoms with Crippen molar-refractivity contribution in [3.63, 3.8) is 0 Å². The number of carbonyl (C=O) groups excluding carboxylic acids is 1. The van der Waals surface area contributed by atoms with Crippen molar-refractivity contribution in [2.75, 3.05) is 5.32 Å². The van der Waals surface area contributed by atoms with Gasteiger partial charge in [0.1, 0.15) is 0 Å². The summed E-state index contributed by atoms with van der Waals surface area (Å²) in [5, 5.41) is 22.1. The third-order valence-corrected chi connectivity index (χ3v) is 4.74. The van der Waals surface area contributed by atoms with Gasteiger partial charge in [-0.3, -0.25) is 10.1 Å². The minimum absolute atomic E-state index is 0.212. The van der Waals surface area contributed by atoms with Crippen LogP contribution in [-0.4, -0.2) is 21.1 Å². The molecule has 0 unspecified atom stereocenters. The molecule has 22 heavy (non-hydrogen) atoms. The highest BCUT2D eigenvalue weighted by molar-refractivity contribution is 7.16. The number of anilines is 1. The molecule has 1 aromatic carbocycles. The second-order valence-electron chi connectivity index (χ2n) is 5.23. The number of nitrogens with zero attached hydrogens (tertiary/aromatic N) is 1. The van der Waals surface area contributed by atoms with Crippen molar-refractivity contribution in [1.82, 2.24) is 4.98 Å². The van der Waals surface area contributed by atoms with E-state index < -0.39 is 0 Å². The highest BCUT2D eigenvalue weighted by Crippen LogP contribution is 2.31. The molecular weight excluding hydrogens is 300 g/mol. The third kappa shape index (κ3) is 2.82. The van der Waals surface area contributed by atoms with Gasteiger partial charge in [-0.2, -0.15) is 0 Å². The predicted molar refractivity (Wildman–Crippen MR) is 86.2 cm³/mol. The van der Waals surface area contributed by atoms with Crippen LogP contribution in [0.5, 0.6) is 11.5 Å². The van der Waals surface area contributed by atoms with Crippen molar-refractivity contribution in [3.05, 3.63) is 40.9 Å². The average molecular weight is 316 g/mol. The lowest BCUT2D eigenvalue weighted by Crippen LogP contribution is -2.12. The highest BCUT2D eigenvalue weighted by atomic mass is 32.1. The normalized spacial score (nSPS) is 13.5. The molecule has 3 N–H and O–H groups in total. The average Bonchev–Trinajstić information content (AvgIpc) is 2.91. The van der Waals surface area contributed by atoms with Crippen LogP contribution in [0.1, 0.15) is 29.0 Å². The molecule has 0 saturated carbocycles. The number of nitrogens with one attached hydrogen (secondary N) is 1. The Kier molecular flexibility index (Phi) is 3.85. The summed E-state index contributed by atoms with van der Waals surface area (Å²) >= 11 is 1.51. The van der Waals surface area contributed by atoms with E-state index >= 15 is 0 Å². The van der Waals surface area contributed by atoms with Gasteiger partial charge in [-0.05, 0) is 43.4 Å². The molecule has 0 saturated heterocycles. The number of phenols is 2. The molecule has 2 aromatic rings. The molecule has 6 heteroatoms. The van der Waals surface area contributed by atoms with Crippen molar-refractivity contribution < 1.29 is 15.0 Å². The summed E-state index contributed by atoms with van der Waals surface area (Å²) < 4.78 is 0. The summed E-state index contributed by atoms with van der Waals surface area (Å²) in [6, 6.07) is 4.17. The number of hydrogen-bond acceptors (Lipinski definition) is 5. The van der Waals surface area contributed by atoms with Gasteiger partial charge in [-0.25, -0.2) is 4.98 Å². The molecule has 0 atom stereocenters. The molecule has 1 aliphatic rings. The van der Waals surface area contributed by atoms with Crippen LogP contribution in [0.2, 0.25) is 0 Å². The molecule has 3 rings (SSSR count). The summed E-state index contributed by atoms with van der Waals surface area (Å²) in [7, 11) is 0. The SMILES string of the molecule is C=C(C(=O)Nc1nc2c(s1)CCCC2)c1ccc(O)c(O)c1. The van der Waals surface area contributed by atoms with Crippen molar-refractivity contribution >= 4 is 27.9 Å². The zero-order valence-corrected chi connectivity index (χ0v) is 12.7. The minimum Gasteiger partial charge on any atom is -0.504 e. The number of fused-ring (bicyclic) bond motifs is 1. The van der Waals surface area contributed by atoms with Gasteiger partial charge in [0.25, 0.3) is 5.91 Å². The van der Waals surface area contributed by atoms with Gasteiger partial charge in [0.2, 0.25) is 0 Å². The molecule has 1 heterocycles. The molecule has 1 aromatic heterocycles. The summed E-state index contributed by atoms with van der Waals surface area (Å²) in [6.45, 7) is 3.75. The Hall–Kier alpha value is -2.34. The molecule has 0 radical (unpaired) electrons. The molecule has 0 aliphatic heterocycles. The molecule has 0 fully saturated rings. The van der Waals surface area contributed by atoms with E-state index in [4.69, 9.17) is 0 Å². The summed E-state index contributed by atoms with van der Waals surface area (Å²) in [5.74, 6) is -0.878. The van der Waals surface area contributed by atoms with Crippen LogP contribution in [0.3, 0.4) is 0 Å². The van der Waals surface area contributed by atoms with Crippen LogP contribution in [0.25, 0.3) is 5.57 Å². The Morgan fingerprint density at radius 1 is 1.23 bits per heavy atom. The molecule has 1 aliphatic carbocycles. The number of benzene rings is 1. The van der Waals surface area contributed by atoms with Gasteiger partial charge in [0, 0.05) is 10.5 Å². The van der Waals surface area contributed by atoms with E-state index in [1.54, 1.807) is 0 Å². The van der Waals surface area contributed by atoms with Crippen molar-refractivity contribution in [1.29, 1.82) is 0 Å². The Morgan fingerprint density at radius 2 is 2.00 bits per heavy atom. The first-order chi connectivity index (χ1) is 10.5. The third-order valence-electron chi connectivity index (χ3n) is 3.66. The Morgan fingerprint density at radius 3 is 2.73 bits per heavy atom. The van der Waals surface area contributed by atoms with E-state index in [9.17, 15) is 15.0 Å². The number of carbonyl (C=O) groups is 1. The molecule has 5 nitrogen and oxygen atoms in total. The van der Waals surface area contributed by atoms with E-state index in [-0.39, 0.29) is 23.0 Å². The molecule has 0 spiro atoms. The lowest BCUT2D eigenvalue weighted by atomic mass is 10.0. The second kappa shape index (κ2) is 5.81. The maximum atomic E-state index is 12.2. The van der Waals surface area contributed by atoms with Crippen LogP contribution in [0.15, 0.2) is 24.8 Å². The number of amides is 1. The van der Waals surface area contributed by atoms with Gasteiger partial charge < -0.3 is 10.2 Å². The standard InChI is InChI=1S/C16H16N2O3S/c1-9(10-6-7-12(19)13(20)8-10)15(21)18-16-17-11-4-2-3-5-14(11)22-16/h6-8,19-20H,1-5H2,(H,17,18,21). The number of phenolic OH excluding ortho intramolecular Hbond substituents is 2. The monoisotopic (exact) mass is 316 g/mol. The van der Waals surface area contributed by atoms with E-state index in [2.05, 4.69) is 16.9 Å². The van der Waals surface area contributed by atoms with E-state index in [0.717, 1.165) is 25.0 Å². The fraction of sp³-hybridized carbons (Fsp3) is 0.250. The fourth-order valence-electron chi connectivity index (χ4n) is 2.42. The van der Waals surface area contributed by atoms with Crippen LogP contribution in [0, 0.1) is 0 Å². The van der Waals surface area contributed by atoms with Crippen LogP contribution in [-0.2, 0) is 17.6 Å². The first-order valence-corrected chi connectivity index (χ1v) is 7.87. The van der Waals surface area contributed by atoms with Crippen LogP contribution >= 0.6 is 11.3 Å². The summed E-state index contributed by atoms with van der Waals surface area (Å²) in [4.78, 5) is 17.9. The van der Waals surface area contributed by atoms with Gasteiger partial charge in [-0.1, -0.05) is 12.6 Å². The number of rotatable bonds is 3. The van der Waals surface area contributed by atoms with Gasteiger partial charge in [0.05, 0.1) is 5.69 Å². The maximum absolute atomic E-state index is 12.2. The van der Waals surface area contributed by atoms with Crippen molar-refractivity contribution in [2.24, 2.45) is 0 Å². The number of aromatic nitrogens is 1. The zero-order chi connectivity index (χ0) is 15.7. The first kappa shape index (κ1) is 14.6. The van der Waals surface area contributed by atoms with Crippen LogP contribution < -0.4 is 5.32 Å². The zero-order valence-electron chi connectivity index (χ0n) is 11.9. The maximum Gasteiger partial charge on any atom is 0.257 e. The van der Waals surface area contributed by atoms with Gasteiger partial charge in [0.15, 0.2) is 16.6 Å². The van der Waals surface area contributed by atoms with Crippen LogP contribution in [0.4, 0.5) is 5.13 Å². The summed E-state index contributed by atoms with van der Waals surface area (Å²) in [6.07, 6.45) is 4.30. The number of thiazole rings is 1. The highest BCUT2D eigenvalue weighted by Gasteiger charge is 2.18. The van der Waals surface area contributed by atoms with Gasteiger partial charge in [-0.15, -0.1) is 11.3 Å². The van der Waals surface area contributed by atoms with E-state index in [0.29, 0.717) is 10.7 Å². The quantitative estimate of drug-likeness (QED) is 0.600. The Bertz CT molecular complexity index is 728. The summed E-state index contributed by atoms with van der Waals surface area (Å²) in [5.41, 5.74) is 1.75. The molecule has 114 valence electrons. The lowest BCUT2D eigenvalue weighted by Gasteiger charge is -2.07. The predicted octanol–water partition coefficient (Wildman–Crippen LogP) is 3.09. The Balaban J connectivity index is 1.74. The second-order valence-corrected chi connectivity index (χ2v) is 6.32. The number of aryl methyl sites for hydroxylation is 2. The fourth-order valence-corrected chi connectivity index (χ4v) is 3.47. The molecule has 0 bridgehead atoms. The van der Waals surface area contributed by atoms with Crippen molar-refractivity contribution in [2.45, 2.75) is 25.7 Å². The number of aromatic hydroxyl groups is 2. The lowest BCUT2D eigenvalue weighted by molar-refractivity contribution is -0.111. The first-order valence-electron chi connectivity index (χ1n) is 7.06. The van der Waals surface area contributed by atoms with Gasteiger partial charge >= 0.3 is 0 Å². The molecular formula is C16H16N2O3S. The van der Waals surface area contributed by atoms with E-state index in [1.165, 1.54) is 40.8 Å². The molecule has 1 amide bonds. The van der Waals surface area contributed by atoms with E-state index in [1.807, 2.05) is 0 Å². The van der Waals surface area contributed by atoms with Crippen molar-refractivity contribution in [3.8, 4) is 11.5 Å². The number of hydrogen-bond donors (Lipinski definition) is 3. The minimum atomic E-state index is -0.365. The topological polar surface area (TPSA) is 82.5 Å². The Labute approximate surface area is 132 Å². The smallest absolute Gasteiger partial charge is 0.257 e. The largest absolute Gasteiger partial charge is 0.504 e.